The molecule has 2 unspecified atom stereocenters. The quantitative estimate of drug-likeness (QED) is 0.457. The highest BCUT2D eigenvalue weighted by Crippen LogP contribution is 2.30. The van der Waals surface area contributed by atoms with E-state index in [0.717, 1.165) is 29.7 Å². The monoisotopic (exact) mass is 440 g/mol. The molecule has 3 rings (SSSR count). The number of carbonyl (C=O) groups is 1. The van der Waals surface area contributed by atoms with E-state index in [1.165, 1.54) is 12.8 Å². The van der Waals surface area contributed by atoms with E-state index in [-0.39, 0.29) is 22.3 Å². The van der Waals surface area contributed by atoms with Gasteiger partial charge in [0.05, 0.1) is 17.6 Å². The molecule has 1 saturated carbocycles. The van der Waals surface area contributed by atoms with Crippen LogP contribution in [0.1, 0.15) is 44.2 Å². The molecule has 2 fully saturated rings. The lowest BCUT2D eigenvalue weighted by Crippen LogP contribution is -2.30. The van der Waals surface area contributed by atoms with Crippen LogP contribution in [0.5, 0.6) is 5.75 Å². The van der Waals surface area contributed by atoms with E-state index < -0.39 is 16.3 Å². The van der Waals surface area contributed by atoms with E-state index in [1.54, 1.807) is 12.2 Å². The highest BCUT2D eigenvalue weighted by molar-refractivity contribution is 8.14. The zero-order valence-electron chi connectivity index (χ0n) is 16.4. The molecule has 1 aromatic rings. The molecule has 29 heavy (non-hydrogen) atoms. The van der Waals surface area contributed by atoms with Gasteiger partial charge in [0, 0.05) is 6.04 Å². The first-order valence-corrected chi connectivity index (χ1v) is 12.4. The number of allylic oxidation sites excluding steroid dienone is 2. The summed E-state index contributed by atoms with van der Waals surface area (Å²) in [5.74, 6) is 1.40. The Morgan fingerprint density at radius 1 is 1.38 bits per heavy atom. The van der Waals surface area contributed by atoms with Gasteiger partial charge in [-0.3, -0.25) is 4.79 Å². The first-order chi connectivity index (χ1) is 13.8. The number of hydrogen-bond acceptors (Lipinski definition) is 6. The number of ether oxygens (including phenoxy) is 1. The molecular formula is C20H28N2O5S2. The Morgan fingerprint density at radius 2 is 2.17 bits per heavy atom. The van der Waals surface area contributed by atoms with Crippen LogP contribution < -0.4 is 14.8 Å². The minimum atomic E-state index is -3.44. The molecular weight excluding hydrogens is 412 g/mol. The van der Waals surface area contributed by atoms with Crippen molar-refractivity contribution in [1.82, 2.24) is 10.0 Å². The topological polar surface area (TPSA) is 105 Å². The van der Waals surface area contributed by atoms with Gasteiger partial charge in [0.25, 0.3) is 5.24 Å². The van der Waals surface area contributed by atoms with E-state index in [9.17, 15) is 18.3 Å². The first kappa shape index (κ1) is 22.1. The lowest BCUT2D eigenvalue weighted by Gasteiger charge is -2.15. The number of hydrogen-bond donors (Lipinski definition) is 3. The molecule has 0 bridgehead atoms. The third-order valence-corrected chi connectivity index (χ3v) is 7.43. The zero-order valence-corrected chi connectivity index (χ0v) is 18.0. The second-order valence-electron chi connectivity index (χ2n) is 7.51. The van der Waals surface area contributed by atoms with Gasteiger partial charge < -0.3 is 15.2 Å². The minimum absolute atomic E-state index is 0.0245. The van der Waals surface area contributed by atoms with Crippen LogP contribution in [0.15, 0.2) is 36.4 Å². The molecule has 1 amide bonds. The van der Waals surface area contributed by atoms with Crippen molar-refractivity contribution in [3.8, 4) is 5.75 Å². The van der Waals surface area contributed by atoms with Crippen molar-refractivity contribution in [2.24, 2.45) is 5.92 Å². The zero-order chi connectivity index (χ0) is 20.9. The summed E-state index contributed by atoms with van der Waals surface area (Å²) >= 11 is 1.06. The van der Waals surface area contributed by atoms with Crippen LogP contribution in [-0.2, 0) is 10.0 Å². The summed E-state index contributed by atoms with van der Waals surface area (Å²) in [5, 5.41) is 11.6. The predicted molar refractivity (Wildman–Crippen MR) is 114 cm³/mol. The molecule has 3 atom stereocenters. The number of amides is 1. The summed E-state index contributed by atoms with van der Waals surface area (Å²) in [6, 6.07) is 7.18. The Hall–Kier alpha value is -1.55. The van der Waals surface area contributed by atoms with Crippen LogP contribution in [0, 0.1) is 5.92 Å². The lowest BCUT2D eigenvalue weighted by molar-refractivity contribution is 0.153. The number of sulfonamides is 1. The Labute approximate surface area is 176 Å². The van der Waals surface area contributed by atoms with Crippen LogP contribution >= 0.6 is 11.8 Å². The number of carbonyl (C=O) groups excluding carboxylic acids is 1. The second kappa shape index (κ2) is 9.97. The average molecular weight is 441 g/mol. The average Bonchev–Trinajstić information content (AvgIpc) is 3.44. The summed E-state index contributed by atoms with van der Waals surface area (Å²) in [6.07, 6.45) is 6.03. The van der Waals surface area contributed by atoms with Gasteiger partial charge in [-0.1, -0.05) is 36.0 Å². The molecule has 160 valence electrons. The van der Waals surface area contributed by atoms with Gasteiger partial charge in [-0.05, 0) is 56.2 Å². The van der Waals surface area contributed by atoms with Crippen LogP contribution in [0.3, 0.4) is 0 Å². The van der Waals surface area contributed by atoms with Gasteiger partial charge in [-0.25, -0.2) is 13.1 Å². The van der Waals surface area contributed by atoms with Crippen LogP contribution in [0.25, 0.3) is 0 Å². The highest BCUT2D eigenvalue weighted by atomic mass is 32.2. The third kappa shape index (κ3) is 7.33. The highest BCUT2D eigenvalue weighted by Gasteiger charge is 2.30. The summed E-state index contributed by atoms with van der Waals surface area (Å²) in [7, 11) is -3.44. The molecule has 0 spiro atoms. The van der Waals surface area contributed by atoms with Crippen LogP contribution in [-0.4, -0.2) is 42.6 Å². The molecule has 1 heterocycles. The fraction of sp³-hybridized carbons (Fsp3) is 0.550. The fourth-order valence-electron chi connectivity index (χ4n) is 2.97. The molecule has 1 aliphatic heterocycles. The standard InChI is InChI=1S/C20H28N2O5S2/c1-14(16-6-5-7-17(12-16)27-13-15-9-10-15)22-29(25,26)11-4-2-3-8-18-19(23)21-20(24)28-18/h2-3,5-7,12,14-15,18-19,22-23H,4,8-11,13H2,1H3,(H,21,24)/b3-2+/t14-,18?,19?/m1/s1. The second-order valence-corrected chi connectivity index (χ2v) is 10.6. The third-order valence-electron chi connectivity index (χ3n) is 4.86. The van der Waals surface area contributed by atoms with Gasteiger partial charge in [-0.15, -0.1) is 0 Å². The minimum Gasteiger partial charge on any atom is -0.493 e. The molecule has 0 radical (unpaired) electrons. The Bertz CT molecular complexity index is 839. The molecule has 1 aliphatic carbocycles. The van der Waals surface area contributed by atoms with Gasteiger partial charge in [0.1, 0.15) is 12.0 Å². The molecule has 0 aromatic heterocycles. The summed E-state index contributed by atoms with van der Waals surface area (Å²) in [4.78, 5) is 11.2. The van der Waals surface area contributed by atoms with Gasteiger partial charge in [-0.2, -0.15) is 0 Å². The van der Waals surface area contributed by atoms with Crippen molar-refractivity contribution < 1.29 is 23.1 Å². The van der Waals surface area contributed by atoms with E-state index in [2.05, 4.69) is 10.0 Å². The molecule has 9 heteroatoms. The molecule has 7 nitrogen and oxygen atoms in total. The van der Waals surface area contributed by atoms with Crippen molar-refractivity contribution in [2.45, 2.75) is 50.1 Å². The predicted octanol–water partition coefficient (Wildman–Crippen LogP) is 2.94. The van der Waals surface area contributed by atoms with Crippen LogP contribution in [0.2, 0.25) is 0 Å². The largest absolute Gasteiger partial charge is 0.493 e. The van der Waals surface area contributed by atoms with Crippen molar-refractivity contribution in [3.63, 3.8) is 0 Å². The number of nitrogens with one attached hydrogen (secondary N) is 2. The van der Waals surface area contributed by atoms with Crippen molar-refractivity contribution in [2.75, 3.05) is 12.4 Å². The van der Waals surface area contributed by atoms with E-state index >= 15 is 0 Å². The number of rotatable bonds is 11. The smallest absolute Gasteiger partial charge is 0.281 e. The van der Waals surface area contributed by atoms with Gasteiger partial charge in [0.15, 0.2) is 0 Å². The van der Waals surface area contributed by atoms with Crippen LogP contribution in [0.4, 0.5) is 4.79 Å². The van der Waals surface area contributed by atoms with Gasteiger partial charge >= 0.3 is 0 Å². The Kier molecular flexibility index (Phi) is 7.61. The van der Waals surface area contributed by atoms with E-state index in [1.807, 2.05) is 31.2 Å². The number of aliphatic hydroxyl groups excluding tert-OH is 1. The Balaban J connectivity index is 1.43. The van der Waals surface area contributed by atoms with Crippen molar-refractivity contribution in [3.05, 3.63) is 42.0 Å². The van der Waals surface area contributed by atoms with Crippen molar-refractivity contribution >= 4 is 27.0 Å². The molecule has 1 saturated heterocycles. The van der Waals surface area contributed by atoms with E-state index in [4.69, 9.17) is 4.74 Å². The summed E-state index contributed by atoms with van der Waals surface area (Å²) < 4.78 is 33.2. The van der Waals surface area contributed by atoms with E-state index in [0.29, 0.717) is 18.8 Å². The maximum Gasteiger partial charge on any atom is 0.281 e. The molecule has 3 N–H and O–H groups in total. The maximum absolute atomic E-state index is 12.4. The number of aliphatic hydroxyl groups is 1. The normalized spacial score (nSPS) is 23.3. The lowest BCUT2D eigenvalue weighted by atomic mass is 10.1. The fourth-order valence-corrected chi connectivity index (χ4v) is 5.07. The number of thioether (sulfide) groups is 1. The first-order valence-electron chi connectivity index (χ1n) is 9.85. The molecule has 2 aliphatic rings. The SMILES string of the molecule is C[C@@H](NS(=O)(=O)CC/C=C/CC1SC(=O)NC1O)c1cccc(OCC2CC2)c1. The molecule has 1 aromatic carbocycles. The number of benzene rings is 1. The van der Waals surface area contributed by atoms with Crippen molar-refractivity contribution in [1.29, 1.82) is 0 Å². The Morgan fingerprint density at radius 3 is 2.86 bits per heavy atom. The summed E-state index contributed by atoms with van der Waals surface area (Å²) in [6.45, 7) is 2.53. The summed E-state index contributed by atoms with van der Waals surface area (Å²) in [5.41, 5.74) is 0.863. The maximum atomic E-state index is 12.4. The van der Waals surface area contributed by atoms with Gasteiger partial charge in [0.2, 0.25) is 10.0 Å².